The molecule has 1 heterocycles. The first kappa shape index (κ1) is 25.8. The summed E-state index contributed by atoms with van der Waals surface area (Å²) in [5.74, 6) is -0.677. The molecule has 0 aliphatic carbocycles. The Labute approximate surface area is 217 Å². The minimum atomic E-state index is -4.13. The monoisotopic (exact) mass is 546 g/mol. The number of hydrogen-bond donors (Lipinski definition) is 2. The van der Waals surface area contributed by atoms with E-state index in [-0.39, 0.29) is 32.5 Å². The van der Waals surface area contributed by atoms with Crippen molar-refractivity contribution in [3.8, 4) is 11.1 Å². The number of hydrogen-bond acceptors (Lipinski definition) is 5. The van der Waals surface area contributed by atoms with Gasteiger partial charge in [-0.1, -0.05) is 50.0 Å². The third-order valence-corrected chi connectivity index (χ3v) is 7.25. The van der Waals surface area contributed by atoms with Crippen molar-refractivity contribution in [3.05, 3.63) is 76.7 Å². The predicted octanol–water partition coefficient (Wildman–Crippen LogP) is 6.53. The van der Waals surface area contributed by atoms with E-state index in [0.29, 0.717) is 22.0 Å². The molecule has 0 unspecified atom stereocenters. The minimum Gasteiger partial charge on any atom is -0.294 e. The number of amides is 1. The summed E-state index contributed by atoms with van der Waals surface area (Å²) in [4.78, 5) is 20.5. The third-order valence-electron chi connectivity index (χ3n) is 5.15. The van der Waals surface area contributed by atoms with E-state index in [1.807, 2.05) is 0 Å². The highest BCUT2D eigenvalue weighted by atomic mass is 35.5. The number of carbonyl (C=O) groups is 1. The van der Waals surface area contributed by atoms with Gasteiger partial charge in [0.25, 0.3) is 10.0 Å². The van der Waals surface area contributed by atoms with Crippen LogP contribution < -0.4 is 10.0 Å². The van der Waals surface area contributed by atoms with Gasteiger partial charge in [-0.3, -0.25) is 14.8 Å². The highest BCUT2D eigenvalue weighted by Crippen LogP contribution is 2.30. The van der Waals surface area contributed by atoms with Gasteiger partial charge >= 0.3 is 0 Å². The zero-order chi connectivity index (χ0) is 26.3. The number of anilines is 2. The zero-order valence-electron chi connectivity index (χ0n) is 19.4. The van der Waals surface area contributed by atoms with Crippen molar-refractivity contribution in [1.29, 1.82) is 0 Å². The quantitative estimate of drug-likeness (QED) is 0.296. The molecule has 0 aliphatic heterocycles. The molecule has 0 aliphatic rings. The molecular formula is C25H21Cl2FN4O3S. The lowest BCUT2D eigenvalue weighted by Crippen LogP contribution is -2.28. The summed E-state index contributed by atoms with van der Waals surface area (Å²) in [5.41, 5.74) is 1.02. The Morgan fingerprint density at radius 3 is 2.44 bits per heavy atom. The van der Waals surface area contributed by atoms with Crippen LogP contribution in [-0.2, 0) is 14.8 Å². The van der Waals surface area contributed by atoms with Crippen LogP contribution in [0.2, 0.25) is 10.0 Å². The van der Waals surface area contributed by atoms with Crippen LogP contribution in [0.3, 0.4) is 0 Å². The maximum Gasteiger partial charge on any atom is 0.263 e. The Bertz CT molecular complexity index is 1610. The van der Waals surface area contributed by atoms with E-state index >= 15 is 0 Å². The van der Waals surface area contributed by atoms with Crippen LogP contribution in [0.25, 0.3) is 22.0 Å². The molecule has 0 saturated heterocycles. The van der Waals surface area contributed by atoms with Crippen molar-refractivity contribution in [1.82, 2.24) is 9.97 Å². The molecule has 4 rings (SSSR count). The molecule has 3 aromatic carbocycles. The van der Waals surface area contributed by atoms with E-state index in [2.05, 4.69) is 20.0 Å². The molecule has 4 aromatic rings. The van der Waals surface area contributed by atoms with Gasteiger partial charge in [-0.05, 0) is 59.7 Å². The second-order valence-corrected chi connectivity index (χ2v) is 11.6. The second-order valence-electron chi connectivity index (χ2n) is 9.08. The molecule has 0 atom stereocenters. The van der Waals surface area contributed by atoms with Crippen LogP contribution >= 0.6 is 23.2 Å². The Hall–Kier alpha value is -3.27. The summed E-state index contributed by atoms with van der Waals surface area (Å²) in [7, 11) is -4.13. The van der Waals surface area contributed by atoms with Crippen molar-refractivity contribution in [3.63, 3.8) is 0 Å². The summed E-state index contributed by atoms with van der Waals surface area (Å²) in [6.07, 6.45) is 1.55. The van der Waals surface area contributed by atoms with E-state index in [0.717, 1.165) is 6.07 Å². The van der Waals surface area contributed by atoms with Crippen LogP contribution in [0.1, 0.15) is 20.8 Å². The molecule has 1 aromatic heterocycles. The van der Waals surface area contributed by atoms with E-state index in [1.54, 1.807) is 45.2 Å². The zero-order valence-corrected chi connectivity index (χ0v) is 21.8. The summed E-state index contributed by atoms with van der Waals surface area (Å²) in [6, 6.07) is 13.1. The van der Waals surface area contributed by atoms with E-state index < -0.39 is 21.3 Å². The fourth-order valence-corrected chi connectivity index (χ4v) is 5.07. The van der Waals surface area contributed by atoms with Gasteiger partial charge in [0.1, 0.15) is 10.7 Å². The Kier molecular flexibility index (Phi) is 6.92. The Balaban J connectivity index is 1.65. The molecule has 0 radical (unpaired) electrons. The van der Waals surface area contributed by atoms with Gasteiger partial charge in [0, 0.05) is 22.0 Å². The largest absolute Gasteiger partial charge is 0.294 e. The van der Waals surface area contributed by atoms with Crippen molar-refractivity contribution < 1.29 is 17.6 Å². The number of nitrogens with one attached hydrogen (secondary N) is 2. The summed E-state index contributed by atoms with van der Waals surface area (Å²) >= 11 is 12.0. The number of fused-ring (bicyclic) bond motifs is 1. The van der Waals surface area contributed by atoms with Gasteiger partial charge in [-0.25, -0.2) is 22.8 Å². The topological polar surface area (TPSA) is 101 Å². The SMILES string of the molecule is CC(C)(C)C(=O)Nc1ncc2cc(-c3cc(F)cc(NS(=O)(=O)c4cc(Cl)ccc4Cl)c3)ccc2n1. The molecule has 11 heteroatoms. The van der Waals surface area contributed by atoms with Gasteiger partial charge in [0.05, 0.1) is 16.2 Å². The fraction of sp³-hybridized carbons (Fsp3) is 0.160. The van der Waals surface area contributed by atoms with Crippen LogP contribution in [0, 0.1) is 11.2 Å². The molecule has 0 saturated carbocycles. The average Bonchev–Trinajstić information content (AvgIpc) is 2.79. The number of sulfonamides is 1. The molecule has 186 valence electrons. The molecule has 7 nitrogen and oxygen atoms in total. The average molecular weight is 547 g/mol. The fourth-order valence-electron chi connectivity index (χ4n) is 3.27. The van der Waals surface area contributed by atoms with E-state index in [1.165, 1.54) is 30.3 Å². The smallest absolute Gasteiger partial charge is 0.263 e. The summed E-state index contributed by atoms with van der Waals surface area (Å²) in [6.45, 7) is 5.35. The van der Waals surface area contributed by atoms with Crippen LogP contribution in [0.4, 0.5) is 16.0 Å². The lowest BCUT2D eigenvalue weighted by Gasteiger charge is -2.16. The van der Waals surface area contributed by atoms with Gasteiger partial charge in [-0.15, -0.1) is 0 Å². The molecule has 1 amide bonds. The molecule has 36 heavy (non-hydrogen) atoms. The van der Waals surface area contributed by atoms with Crippen LogP contribution in [0.5, 0.6) is 0 Å². The summed E-state index contributed by atoms with van der Waals surface area (Å²) in [5, 5.41) is 3.51. The highest BCUT2D eigenvalue weighted by molar-refractivity contribution is 7.92. The Morgan fingerprint density at radius 1 is 0.972 bits per heavy atom. The first-order valence-electron chi connectivity index (χ1n) is 10.7. The summed E-state index contributed by atoms with van der Waals surface area (Å²) < 4.78 is 42.5. The Morgan fingerprint density at radius 2 is 1.72 bits per heavy atom. The lowest BCUT2D eigenvalue weighted by atomic mass is 9.96. The molecule has 2 N–H and O–H groups in total. The normalized spacial score (nSPS) is 11.9. The highest BCUT2D eigenvalue weighted by Gasteiger charge is 2.22. The third kappa shape index (κ3) is 5.75. The number of aromatic nitrogens is 2. The van der Waals surface area contributed by atoms with Gasteiger partial charge in [-0.2, -0.15) is 0 Å². The number of carbonyl (C=O) groups excluding carboxylic acids is 1. The first-order valence-corrected chi connectivity index (χ1v) is 12.9. The van der Waals surface area contributed by atoms with Crippen molar-refractivity contribution >= 4 is 61.7 Å². The van der Waals surface area contributed by atoms with E-state index in [9.17, 15) is 17.6 Å². The maximum atomic E-state index is 14.5. The molecular weight excluding hydrogens is 526 g/mol. The minimum absolute atomic E-state index is 0.0117. The van der Waals surface area contributed by atoms with Crippen molar-refractivity contribution in [2.24, 2.45) is 5.41 Å². The molecule has 0 fully saturated rings. The number of nitrogens with zero attached hydrogens (tertiary/aromatic N) is 2. The maximum absolute atomic E-state index is 14.5. The number of benzene rings is 3. The van der Waals surface area contributed by atoms with Gasteiger partial charge in [0.15, 0.2) is 0 Å². The number of halogens is 3. The first-order chi connectivity index (χ1) is 16.8. The van der Waals surface area contributed by atoms with Crippen molar-refractivity contribution in [2.75, 3.05) is 10.0 Å². The van der Waals surface area contributed by atoms with Crippen LogP contribution in [0.15, 0.2) is 65.7 Å². The number of rotatable bonds is 5. The van der Waals surface area contributed by atoms with Gasteiger partial charge < -0.3 is 0 Å². The molecule has 0 bridgehead atoms. The lowest BCUT2D eigenvalue weighted by molar-refractivity contribution is -0.123. The van der Waals surface area contributed by atoms with E-state index in [4.69, 9.17) is 23.2 Å². The second kappa shape index (κ2) is 9.65. The van der Waals surface area contributed by atoms with Crippen molar-refractivity contribution in [2.45, 2.75) is 25.7 Å². The predicted molar refractivity (Wildman–Crippen MR) is 140 cm³/mol. The standard InChI is InChI=1S/C25H21Cl2FN4O3S/c1-25(2,3)23(33)31-24-29-13-16-8-14(4-7-21(16)30-24)15-9-18(28)12-19(10-15)32-36(34,35)22-11-17(26)5-6-20(22)27/h4-13,32H,1-3H3,(H,29,30,31,33). The van der Waals surface area contributed by atoms with Gasteiger partial charge in [0.2, 0.25) is 11.9 Å². The van der Waals surface area contributed by atoms with Crippen LogP contribution in [-0.4, -0.2) is 24.3 Å². The molecule has 0 spiro atoms.